The summed E-state index contributed by atoms with van der Waals surface area (Å²) in [5.41, 5.74) is -1.11. The lowest BCUT2D eigenvalue weighted by Gasteiger charge is -2.18. The number of nitro groups is 2. The van der Waals surface area contributed by atoms with Gasteiger partial charge in [-0.3, -0.25) is 20.2 Å². The van der Waals surface area contributed by atoms with E-state index < -0.39 is 33.2 Å². The first-order chi connectivity index (χ1) is 8.86. The lowest BCUT2D eigenvalue weighted by Crippen LogP contribution is -2.40. The van der Waals surface area contributed by atoms with Crippen molar-refractivity contribution in [1.29, 1.82) is 0 Å². The van der Waals surface area contributed by atoms with Gasteiger partial charge in [0.25, 0.3) is 11.4 Å². The fourth-order valence-electron chi connectivity index (χ4n) is 1.42. The lowest BCUT2D eigenvalue weighted by atomic mass is 10.2. The van der Waals surface area contributed by atoms with Crippen LogP contribution in [0.4, 0.5) is 17.1 Å². The standard InChI is InChI=1S/C10H11N3O6/c1-2-7(10(14)15)11-8-4-3-6(12(16)17)5-9(8)13(18)19/h3-5,7,11H,2H2,1H3,(H,14,15)/p-1/t7-/m1/s1. The highest BCUT2D eigenvalue weighted by atomic mass is 16.6. The van der Waals surface area contributed by atoms with Gasteiger partial charge in [-0.2, -0.15) is 0 Å². The van der Waals surface area contributed by atoms with Gasteiger partial charge in [-0.05, 0) is 12.5 Å². The molecule has 0 aromatic heterocycles. The monoisotopic (exact) mass is 268 g/mol. The molecule has 0 radical (unpaired) electrons. The summed E-state index contributed by atoms with van der Waals surface area (Å²) >= 11 is 0. The summed E-state index contributed by atoms with van der Waals surface area (Å²) in [4.78, 5) is 30.5. The molecule has 1 rings (SSSR count). The van der Waals surface area contributed by atoms with Crippen LogP contribution in [0.25, 0.3) is 0 Å². The average Bonchev–Trinajstić information content (AvgIpc) is 2.35. The molecule has 0 saturated carbocycles. The van der Waals surface area contributed by atoms with Crippen LogP contribution in [-0.4, -0.2) is 21.9 Å². The molecule has 0 aliphatic rings. The number of rotatable bonds is 6. The van der Waals surface area contributed by atoms with Gasteiger partial charge in [0.15, 0.2) is 0 Å². The number of nitro benzene ring substituents is 2. The average molecular weight is 268 g/mol. The third kappa shape index (κ3) is 3.37. The first-order valence-electron chi connectivity index (χ1n) is 5.27. The number of carboxylic acid groups (broad SMARTS) is 1. The number of nitrogens with one attached hydrogen (secondary N) is 1. The van der Waals surface area contributed by atoms with Crippen LogP contribution in [0.1, 0.15) is 13.3 Å². The number of aliphatic carboxylic acids is 1. The van der Waals surface area contributed by atoms with Crippen LogP contribution < -0.4 is 10.4 Å². The molecule has 0 unspecified atom stereocenters. The Labute approximate surface area is 107 Å². The molecule has 1 aromatic carbocycles. The molecule has 0 saturated heterocycles. The Morgan fingerprint density at radius 1 is 1.32 bits per heavy atom. The minimum Gasteiger partial charge on any atom is -0.548 e. The molecule has 0 aliphatic carbocycles. The lowest BCUT2D eigenvalue weighted by molar-refractivity contribution is -0.393. The van der Waals surface area contributed by atoms with E-state index in [9.17, 15) is 30.1 Å². The van der Waals surface area contributed by atoms with Gasteiger partial charge in [0, 0.05) is 6.07 Å². The van der Waals surface area contributed by atoms with Crippen molar-refractivity contribution in [3.8, 4) is 0 Å². The first-order valence-corrected chi connectivity index (χ1v) is 5.27. The zero-order chi connectivity index (χ0) is 14.6. The van der Waals surface area contributed by atoms with Crippen molar-refractivity contribution >= 4 is 23.0 Å². The topological polar surface area (TPSA) is 138 Å². The van der Waals surface area contributed by atoms with Crippen LogP contribution >= 0.6 is 0 Å². The van der Waals surface area contributed by atoms with E-state index in [1.807, 2.05) is 0 Å². The van der Waals surface area contributed by atoms with E-state index in [0.717, 1.165) is 18.2 Å². The number of benzene rings is 1. The normalized spacial score (nSPS) is 11.6. The van der Waals surface area contributed by atoms with E-state index in [1.54, 1.807) is 6.92 Å². The largest absolute Gasteiger partial charge is 0.548 e. The number of carbonyl (C=O) groups excluding carboxylic acids is 1. The molecule has 102 valence electrons. The smallest absolute Gasteiger partial charge is 0.299 e. The summed E-state index contributed by atoms with van der Waals surface area (Å²) in [6.45, 7) is 1.56. The molecular formula is C10H10N3O6-. The van der Waals surface area contributed by atoms with Gasteiger partial charge in [0.1, 0.15) is 5.69 Å². The van der Waals surface area contributed by atoms with Gasteiger partial charge in [-0.25, -0.2) is 0 Å². The fourth-order valence-corrected chi connectivity index (χ4v) is 1.42. The minimum atomic E-state index is -1.41. The van der Waals surface area contributed by atoms with Gasteiger partial charge in [0.05, 0.1) is 27.9 Å². The van der Waals surface area contributed by atoms with E-state index in [2.05, 4.69) is 5.32 Å². The fraction of sp³-hybridized carbons (Fsp3) is 0.300. The van der Waals surface area contributed by atoms with Crippen molar-refractivity contribution in [2.24, 2.45) is 0 Å². The number of hydrogen-bond donors (Lipinski definition) is 1. The predicted molar refractivity (Wildman–Crippen MR) is 62.5 cm³/mol. The van der Waals surface area contributed by atoms with Crippen molar-refractivity contribution in [2.75, 3.05) is 5.32 Å². The van der Waals surface area contributed by atoms with Crippen LogP contribution in [0.3, 0.4) is 0 Å². The molecule has 0 amide bonds. The molecule has 19 heavy (non-hydrogen) atoms. The van der Waals surface area contributed by atoms with Crippen LogP contribution in [0.5, 0.6) is 0 Å². The van der Waals surface area contributed by atoms with Crippen molar-refractivity contribution in [3.63, 3.8) is 0 Å². The SMILES string of the molecule is CC[C@@H](Nc1ccc([N+](=O)[O-])cc1[N+](=O)[O-])C(=O)[O-]. The third-order valence-electron chi connectivity index (χ3n) is 2.41. The van der Waals surface area contributed by atoms with Crippen LogP contribution in [0.2, 0.25) is 0 Å². The van der Waals surface area contributed by atoms with E-state index >= 15 is 0 Å². The highest BCUT2D eigenvalue weighted by molar-refractivity contribution is 5.77. The quantitative estimate of drug-likeness (QED) is 0.583. The number of carboxylic acids is 1. The predicted octanol–water partition coefficient (Wildman–Crippen LogP) is 0.443. The maximum absolute atomic E-state index is 10.8. The van der Waals surface area contributed by atoms with Gasteiger partial charge in [-0.15, -0.1) is 0 Å². The van der Waals surface area contributed by atoms with Gasteiger partial charge in [-0.1, -0.05) is 6.92 Å². The maximum Gasteiger partial charge on any atom is 0.299 e. The molecule has 1 aromatic rings. The van der Waals surface area contributed by atoms with E-state index in [0.29, 0.717) is 0 Å². The molecule has 9 nitrogen and oxygen atoms in total. The zero-order valence-corrected chi connectivity index (χ0v) is 9.86. The molecule has 9 heteroatoms. The molecule has 0 aliphatic heterocycles. The summed E-state index contributed by atoms with van der Waals surface area (Å²) < 4.78 is 0. The van der Waals surface area contributed by atoms with Gasteiger partial charge >= 0.3 is 0 Å². The van der Waals surface area contributed by atoms with Gasteiger partial charge in [0.2, 0.25) is 0 Å². The highest BCUT2D eigenvalue weighted by Gasteiger charge is 2.21. The summed E-state index contributed by atoms with van der Waals surface area (Å²) in [5, 5.41) is 34.5. The Morgan fingerprint density at radius 3 is 2.37 bits per heavy atom. The molecular weight excluding hydrogens is 258 g/mol. The molecule has 1 atom stereocenters. The van der Waals surface area contributed by atoms with Crippen LogP contribution in [0, 0.1) is 20.2 Å². The third-order valence-corrected chi connectivity index (χ3v) is 2.41. The van der Waals surface area contributed by atoms with Crippen molar-refractivity contribution < 1.29 is 19.7 Å². The van der Waals surface area contributed by atoms with E-state index in [-0.39, 0.29) is 12.1 Å². The van der Waals surface area contributed by atoms with Crippen molar-refractivity contribution in [3.05, 3.63) is 38.4 Å². The maximum atomic E-state index is 10.8. The van der Waals surface area contributed by atoms with Crippen LogP contribution in [-0.2, 0) is 4.79 Å². The Balaban J connectivity index is 3.16. The molecule has 0 fully saturated rings. The number of hydrogen-bond acceptors (Lipinski definition) is 7. The van der Waals surface area contributed by atoms with E-state index in [1.165, 1.54) is 0 Å². The van der Waals surface area contributed by atoms with Gasteiger partial charge < -0.3 is 15.2 Å². The number of carbonyl (C=O) groups is 1. The molecule has 0 bridgehead atoms. The summed E-state index contributed by atoms with van der Waals surface area (Å²) in [7, 11) is 0. The Morgan fingerprint density at radius 2 is 1.95 bits per heavy atom. The second kappa shape index (κ2) is 5.76. The Kier molecular flexibility index (Phi) is 4.35. The van der Waals surface area contributed by atoms with Crippen molar-refractivity contribution in [1.82, 2.24) is 0 Å². The molecule has 0 heterocycles. The Bertz CT molecular complexity index is 530. The number of anilines is 1. The first kappa shape index (κ1) is 14.4. The van der Waals surface area contributed by atoms with E-state index in [4.69, 9.17) is 0 Å². The number of nitrogens with zero attached hydrogens (tertiary/aromatic N) is 2. The summed E-state index contributed by atoms with van der Waals surface area (Å²) in [6.07, 6.45) is 0.149. The second-order valence-electron chi connectivity index (χ2n) is 3.64. The van der Waals surface area contributed by atoms with Crippen molar-refractivity contribution in [2.45, 2.75) is 19.4 Å². The number of non-ortho nitro benzene ring substituents is 1. The Hall–Kier alpha value is -2.71. The molecule has 0 spiro atoms. The highest BCUT2D eigenvalue weighted by Crippen LogP contribution is 2.29. The second-order valence-corrected chi connectivity index (χ2v) is 3.64. The minimum absolute atomic E-state index is 0.105. The summed E-state index contributed by atoms with van der Waals surface area (Å²) in [6, 6.07) is 1.81. The summed E-state index contributed by atoms with van der Waals surface area (Å²) in [5.74, 6) is -1.41. The molecule has 1 N–H and O–H groups in total. The van der Waals surface area contributed by atoms with Crippen LogP contribution in [0.15, 0.2) is 18.2 Å². The zero-order valence-electron chi connectivity index (χ0n) is 9.86.